The molecule has 7 nitrogen and oxygen atoms in total. The molecule has 2 rings (SSSR count). The van der Waals surface area contributed by atoms with Gasteiger partial charge in [0.2, 0.25) is 0 Å². The molecule has 2 amide bonds. The third kappa shape index (κ3) is 4.41. The number of nitrogens with two attached hydrogens (primary N) is 2. The van der Waals surface area contributed by atoms with Crippen molar-refractivity contribution < 1.29 is 14.3 Å². The lowest BCUT2D eigenvalue weighted by Gasteiger charge is -2.24. The van der Waals surface area contributed by atoms with Crippen molar-refractivity contribution in [3.05, 3.63) is 52.0 Å². The lowest BCUT2D eigenvalue weighted by molar-refractivity contribution is 0.216. The van der Waals surface area contributed by atoms with Crippen LogP contribution in [0.3, 0.4) is 0 Å². The molecule has 0 aliphatic heterocycles. The average Bonchev–Trinajstić information content (AvgIpc) is 2.60. The second-order valence-corrected chi connectivity index (χ2v) is 6.34. The van der Waals surface area contributed by atoms with Crippen LogP contribution in [-0.2, 0) is 6.61 Å². The first kappa shape index (κ1) is 19.0. The molecule has 8 heteroatoms. The van der Waals surface area contributed by atoms with E-state index in [9.17, 15) is 4.79 Å². The standard InChI is InChI=1S/C17H21BrN4O3/c1-11-7-8-12(18)9-16(11)25-10-13-14(5-4-6-15(13)24-3)22(20)17(23)21(2)19/h4-9H,10,19-20H2,1-3H3. The molecule has 0 aromatic heterocycles. The number of carbonyl (C=O) groups is 1. The van der Waals surface area contributed by atoms with Gasteiger partial charge in [0, 0.05) is 11.5 Å². The van der Waals surface area contributed by atoms with E-state index in [2.05, 4.69) is 15.9 Å². The van der Waals surface area contributed by atoms with Crippen LogP contribution in [0.15, 0.2) is 40.9 Å². The molecule has 134 valence electrons. The van der Waals surface area contributed by atoms with E-state index in [1.54, 1.807) is 25.3 Å². The minimum Gasteiger partial charge on any atom is -0.496 e. The molecule has 0 saturated carbocycles. The summed E-state index contributed by atoms with van der Waals surface area (Å²) >= 11 is 3.43. The van der Waals surface area contributed by atoms with Gasteiger partial charge in [0.25, 0.3) is 0 Å². The van der Waals surface area contributed by atoms with E-state index < -0.39 is 6.03 Å². The van der Waals surface area contributed by atoms with Gasteiger partial charge in [-0.2, -0.15) is 0 Å². The van der Waals surface area contributed by atoms with Crippen molar-refractivity contribution in [3.8, 4) is 11.5 Å². The number of amides is 2. The van der Waals surface area contributed by atoms with Gasteiger partial charge in [-0.05, 0) is 36.8 Å². The first-order valence-electron chi connectivity index (χ1n) is 7.47. The van der Waals surface area contributed by atoms with Crippen LogP contribution in [-0.4, -0.2) is 25.2 Å². The highest BCUT2D eigenvalue weighted by Crippen LogP contribution is 2.31. The summed E-state index contributed by atoms with van der Waals surface area (Å²) in [7, 11) is 2.97. The van der Waals surface area contributed by atoms with Crippen molar-refractivity contribution in [2.45, 2.75) is 13.5 Å². The monoisotopic (exact) mass is 408 g/mol. The molecule has 0 aliphatic rings. The molecule has 0 saturated heterocycles. The molecular formula is C17H21BrN4O3. The van der Waals surface area contributed by atoms with E-state index >= 15 is 0 Å². The lowest BCUT2D eigenvalue weighted by Crippen LogP contribution is -2.49. The fraction of sp³-hybridized carbons (Fsp3) is 0.235. The van der Waals surface area contributed by atoms with Gasteiger partial charge < -0.3 is 9.47 Å². The number of methoxy groups -OCH3 is 1. The lowest BCUT2D eigenvalue weighted by atomic mass is 10.1. The predicted octanol–water partition coefficient (Wildman–Crippen LogP) is 2.95. The molecule has 0 spiro atoms. The van der Waals surface area contributed by atoms with E-state index in [4.69, 9.17) is 21.2 Å². The Balaban J connectivity index is 2.35. The van der Waals surface area contributed by atoms with Crippen LogP contribution in [0.2, 0.25) is 0 Å². The van der Waals surface area contributed by atoms with Gasteiger partial charge in [-0.25, -0.2) is 21.5 Å². The minimum absolute atomic E-state index is 0.173. The molecule has 0 bridgehead atoms. The molecule has 0 fully saturated rings. The third-order valence-corrected chi connectivity index (χ3v) is 4.11. The van der Waals surface area contributed by atoms with Crippen molar-refractivity contribution in [2.24, 2.45) is 11.7 Å². The van der Waals surface area contributed by atoms with Crippen LogP contribution in [0.25, 0.3) is 0 Å². The normalized spacial score (nSPS) is 10.3. The smallest absolute Gasteiger partial charge is 0.352 e. The summed E-state index contributed by atoms with van der Waals surface area (Å²) in [6.45, 7) is 2.12. The van der Waals surface area contributed by atoms with Gasteiger partial charge >= 0.3 is 6.03 Å². The first-order valence-corrected chi connectivity index (χ1v) is 8.26. The van der Waals surface area contributed by atoms with Crippen LogP contribution in [0, 0.1) is 6.92 Å². The summed E-state index contributed by atoms with van der Waals surface area (Å²) in [6.07, 6.45) is 0. The number of hydrazine groups is 2. The zero-order valence-electron chi connectivity index (χ0n) is 14.3. The van der Waals surface area contributed by atoms with Gasteiger partial charge in [0.05, 0.1) is 18.4 Å². The predicted molar refractivity (Wildman–Crippen MR) is 100 cm³/mol. The van der Waals surface area contributed by atoms with Gasteiger partial charge in [0.1, 0.15) is 18.1 Å². The number of urea groups is 1. The van der Waals surface area contributed by atoms with E-state index in [-0.39, 0.29) is 6.61 Å². The molecule has 0 heterocycles. The van der Waals surface area contributed by atoms with Crippen molar-refractivity contribution in [3.63, 3.8) is 0 Å². The maximum atomic E-state index is 12.1. The Bertz CT molecular complexity index is 768. The third-order valence-electron chi connectivity index (χ3n) is 3.62. The zero-order chi connectivity index (χ0) is 18.6. The second-order valence-electron chi connectivity index (χ2n) is 5.42. The Hall–Kier alpha value is -2.29. The number of hydrogen-bond donors (Lipinski definition) is 2. The molecule has 0 atom stereocenters. The summed E-state index contributed by atoms with van der Waals surface area (Å²) in [5, 5.41) is 1.87. The van der Waals surface area contributed by atoms with Crippen molar-refractivity contribution in [1.29, 1.82) is 0 Å². The van der Waals surface area contributed by atoms with Gasteiger partial charge in [-0.1, -0.05) is 28.1 Å². The molecule has 0 unspecified atom stereocenters. The largest absolute Gasteiger partial charge is 0.496 e. The Morgan fingerprint density at radius 1 is 1.20 bits per heavy atom. The Morgan fingerprint density at radius 2 is 1.92 bits per heavy atom. The number of ether oxygens (including phenoxy) is 2. The maximum Gasteiger partial charge on any atom is 0.352 e. The van der Waals surface area contributed by atoms with E-state index in [1.807, 2.05) is 25.1 Å². The maximum absolute atomic E-state index is 12.1. The van der Waals surface area contributed by atoms with Gasteiger partial charge in [-0.3, -0.25) is 5.01 Å². The fourth-order valence-corrected chi connectivity index (χ4v) is 2.61. The molecule has 0 radical (unpaired) electrons. The first-order chi connectivity index (χ1) is 11.8. The molecule has 4 N–H and O–H groups in total. The molecule has 25 heavy (non-hydrogen) atoms. The summed E-state index contributed by atoms with van der Waals surface area (Å²) in [5.41, 5.74) is 2.08. The second kappa shape index (κ2) is 8.19. The van der Waals surface area contributed by atoms with Crippen LogP contribution >= 0.6 is 15.9 Å². The molecule has 2 aromatic carbocycles. The quantitative estimate of drug-likeness (QED) is 0.450. The van der Waals surface area contributed by atoms with Gasteiger partial charge in [0.15, 0.2) is 0 Å². The SMILES string of the molecule is COc1cccc(N(N)C(=O)N(C)N)c1COc1cc(Br)ccc1C. The Labute approximate surface area is 155 Å². The molecule has 0 aliphatic carbocycles. The summed E-state index contributed by atoms with van der Waals surface area (Å²) < 4.78 is 12.2. The van der Waals surface area contributed by atoms with Crippen LogP contribution in [0.1, 0.15) is 11.1 Å². The Morgan fingerprint density at radius 3 is 2.56 bits per heavy atom. The van der Waals surface area contributed by atoms with Crippen LogP contribution in [0.5, 0.6) is 11.5 Å². The zero-order valence-corrected chi connectivity index (χ0v) is 15.9. The summed E-state index contributed by atoms with van der Waals surface area (Å²) in [4.78, 5) is 12.1. The number of nitrogens with zero attached hydrogens (tertiary/aromatic N) is 2. The van der Waals surface area contributed by atoms with Crippen molar-refractivity contribution in [2.75, 3.05) is 19.2 Å². The van der Waals surface area contributed by atoms with Gasteiger partial charge in [-0.15, -0.1) is 0 Å². The fourth-order valence-electron chi connectivity index (χ4n) is 2.27. The summed E-state index contributed by atoms with van der Waals surface area (Å²) in [5.74, 6) is 12.7. The molecular weight excluding hydrogens is 388 g/mol. The average molecular weight is 409 g/mol. The summed E-state index contributed by atoms with van der Waals surface area (Å²) in [6, 6.07) is 10.4. The topological polar surface area (TPSA) is 94.1 Å². The number of hydrogen-bond acceptors (Lipinski definition) is 5. The van der Waals surface area contributed by atoms with E-state index in [1.165, 1.54) is 7.05 Å². The highest BCUT2D eigenvalue weighted by molar-refractivity contribution is 9.10. The van der Waals surface area contributed by atoms with Crippen LogP contribution in [0.4, 0.5) is 10.5 Å². The van der Waals surface area contributed by atoms with E-state index in [0.29, 0.717) is 17.0 Å². The highest BCUT2D eigenvalue weighted by atomic mass is 79.9. The molecule has 2 aromatic rings. The minimum atomic E-state index is -0.562. The van der Waals surface area contributed by atoms with Crippen LogP contribution < -0.4 is 26.2 Å². The number of benzene rings is 2. The number of rotatable bonds is 5. The highest BCUT2D eigenvalue weighted by Gasteiger charge is 2.20. The number of anilines is 1. The number of aryl methyl sites for hydroxylation is 1. The Kier molecular flexibility index (Phi) is 6.24. The van der Waals surface area contributed by atoms with Crippen molar-refractivity contribution in [1.82, 2.24) is 5.01 Å². The van der Waals surface area contributed by atoms with Crippen molar-refractivity contribution >= 4 is 27.6 Å². The number of halogens is 1. The van der Waals surface area contributed by atoms with E-state index in [0.717, 1.165) is 25.8 Å². The number of carbonyl (C=O) groups excluding carboxylic acids is 1.